The summed E-state index contributed by atoms with van der Waals surface area (Å²) in [5.41, 5.74) is 0.732. The van der Waals surface area contributed by atoms with Crippen molar-refractivity contribution in [3.63, 3.8) is 0 Å². The summed E-state index contributed by atoms with van der Waals surface area (Å²) in [6.07, 6.45) is 1.40. The second-order valence-corrected chi connectivity index (χ2v) is 9.48. The van der Waals surface area contributed by atoms with Gasteiger partial charge in [-0.2, -0.15) is 0 Å². The Balaban J connectivity index is 1.94. The molecule has 1 aromatic heterocycles. The van der Waals surface area contributed by atoms with Crippen LogP contribution in [0.1, 0.15) is 38.1 Å². The Kier molecular flexibility index (Phi) is 7.58. The summed E-state index contributed by atoms with van der Waals surface area (Å²) in [7, 11) is 1.49. The Morgan fingerprint density at radius 2 is 2.00 bits per heavy atom. The van der Waals surface area contributed by atoms with E-state index in [1.165, 1.54) is 37.5 Å². The predicted molar refractivity (Wildman–Crippen MR) is 143 cm³/mol. The number of ether oxygens (including phenoxy) is 2. The van der Waals surface area contributed by atoms with Crippen molar-refractivity contribution in [1.29, 1.82) is 0 Å². The number of anilines is 1. The minimum absolute atomic E-state index is 0.0119. The van der Waals surface area contributed by atoms with Crippen LogP contribution < -0.4 is 9.64 Å². The smallest absolute Gasteiger partial charge is 0.350 e. The van der Waals surface area contributed by atoms with Crippen LogP contribution in [-0.4, -0.2) is 46.4 Å². The molecule has 1 aliphatic heterocycles. The third-order valence-electron chi connectivity index (χ3n) is 6.04. The fraction of sp³-hybridized carbons (Fsp3) is 0.185. The number of carbonyl (C=O) groups excluding carboxylic acids is 3. The van der Waals surface area contributed by atoms with E-state index in [0.717, 1.165) is 16.2 Å². The molecule has 1 fully saturated rings. The van der Waals surface area contributed by atoms with Crippen LogP contribution in [0.4, 0.5) is 10.8 Å². The van der Waals surface area contributed by atoms with Gasteiger partial charge in [0, 0.05) is 17.7 Å². The summed E-state index contributed by atoms with van der Waals surface area (Å²) < 4.78 is 10.3. The lowest BCUT2D eigenvalue weighted by molar-refractivity contribution is -0.384. The highest BCUT2D eigenvalue weighted by Gasteiger charge is 2.49. The van der Waals surface area contributed by atoms with E-state index in [-0.39, 0.29) is 44.7 Å². The van der Waals surface area contributed by atoms with Crippen molar-refractivity contribution in [1.82, 2.24) is 4.98 Å². The molecule has 1 aliphatic rings. The Hall–Kier alpha value is -4.84. The number of methoxy groups -OCH3 is 1. The normalized spacial score (nSPS) is 16.3. The first kappa shape index (κ1) is 27.2. The van der Waals surface area contributed by atoms with Crippen LogP contribution in [0.2, 0.25) is 0 Å². The van der Waals surface area contributed by atoms with Gasteiger partial charge < -0.3 is 14.6 Å². The van der Waals surface area contributed by atoms with E-state index < -0.39 is 34.4 Å². The Morgan fingerprint density at radius 3 is 2.64 bits per heavy atom. The van der Waals surface area contributed by atoms with Gasteiger partial charge in [0.2, 0.25) is 0 Å². The van der Waals surface area contributed by atoms with E-state index >= 15 is 0 Å². The number of aliphatic hydroxyl groups is 1. The van der Waals surface area contributed by atoms with E-state index in [9.17, 15) is 29.6 Å². The van der Waals surface area contributed by atoms with Crippen molar-refractivity contribution in [2.24, 2.45) is 0 Å². The average Bonchev–Trinajstić information content (AvgIpc) is 3.43. The highest BCUT2D eigenvalue weighted by atomic mass is 32.1. The molecule has 0 unspecified atom stereocenters. The van der Waals surface area contributed by atoms with E-state index in [4.69, 9.17) is 9.47 Å². The van der Waals surface area contributed by atoms with Gasteiger partial charge in [-0.05, 0) is 43.2 Å². The van der Waals surface area contributed by atoms with Crippen molar-refractivity contribution in [3.05, 3.63) is 98.1 Å². The van der Waals surface area contributed by atoms with Gasteiger partial charge in [0.15, 0.2) is 5.13 Å². The molecular formula is C27H23N3O8S. The predicted octanol–water partition coefficient (Wildman–Crippen LogP) is 4.65. The SMILES string of the molecule is C=CCOC(=O)c1sc(N2C(=O)C(=O)C(=C(O)c3ccc(OC)cc3C)[C@H]2c2cccc([N+](=O)[O-])c2)nc1C. The fourth-order valence-electron chi connectivity index (χ4n) is 4.20. The second kappa shape index (κ2) is 10.9. The molecule has 11 nitrogen and oxygen atoms in total. The van der Waals surface area contributed by atoms with Crippen LogP contribution >= 0.6 is 11.3 Å². The molecule has 3 aromatic rings. The van der Waals surface area contributed by atoms with Gasteiger partial charge in [0.25, 0.3) is 11.5 Å². The number of carbonyl (C=O) groups is 3. The lowest BCUT2D eigenvalue weighted by Gasteiger charge is -2.23. The lowest BCUT2D eigenvalue weighted by Crippen LogP contribution is -2.29. The van der Waals surface area contributed by atoms with Crippen molar-refractivity contribution in [3.8, 4) is 5.75 Å². The number of hydrogen-bond donors (Lipinski definition) is 1. The van der Waals surface area contributed by atoms with Gasteiger partial charge >= 0.3 is 11.9 Å². The number of nitrogens with zero attached hydrogens (tertiary/aromatic N) is 3. The molecule has 0 saturated carbocycles. The molecule has 0 aliphatic carbocycles. The van der Waals surface area contributed by atoms with Gasteiger partial charge in [-0.3, -0.25) is 24.6 Å². The van der Waals surface area contributed by atoms with Crippen LogP contribution in [0.3, 0.4) is 0 Å². The second-order valence-electron chi connectivity index (χ2n) is 8.50. The van der Waals surface area contributed by atoms with Gasteiger partial charge in [-0.25, -0.2) is 9.78 Å². The average molecular weight is 550 g/mol. The largest absolute Gasteiger partial charge is 0.507 e. The number of ketones is 1. The number of Topliss-reactive ketones (excluding diaryl/α,β-unsaturated/α-hetero) is 1. The summed E-state index contributed by atoms with van der Waals surface area (Å²) in [5.74, 6) is -2.66. The number of nitro benzene ring substituents is 1. The number of nitro groups is 1. The molecule has 200 valence electrons. The maximum Gasteiger partial charge on any atom is 0.350 e. The minimum atomic E-state index is -1.27. The fourth-order valence-corrected chi connectivity index (χ4v) is 5.19. The first-order valence-corrected chi connectivity index (χ1v) is 12.4. The molecule has 2 heterocycles. The molecule has 0 radical (unpaired) electrons. The quantitative estimate of drug-likeness (QED) is 0.0806. The standard InChI is InChI=1S/C27H23N3O8S/c1-5-11-38-26(34)24-15(3)28-27(39-24)29-21(16-7-6-8-17(13-16)30(35)36)20(23(32)25(29)33)22(31)19-10-9-18(37-4)12-14(19)2/h5-10,12-13,21,31H,1,11H2,2-4H3/t21-/m1/s1. The zero-order chi connectivity index (χ0) is 28.4. The molecule has 12 heteroatoms. The van der Waals surface area contributed by atoms with E-state index in [1.54, 1.807) is 32.0 Å². The summed E-state index contributed by atoms with van der Waals surface area (Å²) in [6.45, 7) is 6.71. The Bertz CT molecular complexity index is 1560. The van der Waals surface area contributed by atoms with Crippen LogP contribution in [0.5, 0.6) is 5.75 Å². The number of rotatable bonds is 8. The number of thiazole rings is 1. The monoisotopic (exact) mass is 549 g/mol. The van der Waals surface area contributed by atoms with Crippen molar-refractivity contribution >= 4 is 45.6 Å². The van der Waals surface area contributed by atoms with Gasteiger partial charge in [-0.1, -0.05) is 36.1 Å². The highest BCUT2D eigenvalue weighted by Crippen LogP contribution is 2.45. The number of aliphatic hydroxyl groups excluding tert-OH is 1. The molecule has 4 rings (SSSR count). The Labute approximate surface area is 226 Å². The molecule has 1 amide bonds. The number of benzene rings is 2. The first-order valence-electron chi connectivity index (χ1n) is 11.5. The molecule has 0 spiro atoms. The number of amides is 1. The summed E-state index contributed by atoms with van der Waals surface area (Å²) in [4.78, 5) is 55.7. The number of aryl methyl sites for hydroxylation is 2. The van der Waals surface area contributed by atoms with E-state index in [2.05, 4.69) is 11.6 Å². The molecular weight excluding hydrogens is 526 g/mol. The maximum absolute atomic E-state index is 13.4. The molecule has 1 saturated heterocycles. The number of hydrogen-bond acceptors (Lipinski definition) is 10. The van der Waals surface area contributed by atoms with E-state index in [0.29, 0.717) is 11.3 Å². The topological polar surface area (TPSA) is 149 Å². The third kappa shape index (κ3) is 5.01. The summed E-state index contributed by atoms with van der Waals surface area (Å²) in [6, 6.07) is 8.92. The van der Waals surface area contributed by atoms with Gasteiger partial charge in [0.05, 0.1) is 29.3 Å². The minimum Gasteiger partial charge on any atom is -0.507 e. The van der Waals surface area contributed by atoms with Gasteiger partial charge in [0.1, 0.15) is 23.0 Å². The van der Waals surface area contributed by atoms with Crippen molar-refractivity contribution in [2.45, 2.75) is 19.9 Å². The number of aromatic nitrogens is 1. The maximum atomic E-state index is 13.4. The highest BCUT2D eigenvalue weighted by molar-refractivity contribution is 7.17. The summed E-state index contributed by atoms with van der Waals surface area (Å²) >= 11 is 0.826. The van der Waals surface area contributed by atoms with Crippen LogP contribution in [0.15, 0.2) is 60.7 Å². The van der Waals surface area contributed by atoms with Crippen molar-refractivity contribution < 1.29 is 33.9 Å². The number of non-ortho nitro benzene ring substituents is 1. The first-order chi connectivity index (χ1) is 18.6. The Morgan fingerprint density at radius 1 is 1.26 bits per heavy atom. The zero-order valence-corrected chi connectivity index (χ0v) is 22.0. The third-order valence-corrected chi connectivity index (χ3v) is 7.18. The zero-order valence-electron chi connectivity index (χ0n) is 21.2. The van der Waals surface area contributed by atoms with E-state index in [1.807, 2.05) is 0 Å². The van der Waals surface area contributed by atoms with Crippen LogP contribution in [0.25, 0.3) is 5.76 Å². The number of esters is 1. The van der Waals surface area contributed by atoms with Crippen molar-refractivity contribution in [2.75, 3.05) is 18.6 Å². The molecule has 1 atom stereocenters. The lowest BCUT2D eigenvalue weighted by atomic mass is 9.93. The molecule has 1 N–H and O–H groups in total. The summed E-state index contributed by atoms with van der Waals surface area (Å²) in [5, 5.41) is 22.9. The van der Waals surface area contributed by atoms with Crippen LogP contribution in [-0.2, 0) is 14.3 Å². The van der Waals surface area contributed by atoms with Crippen LogP contribution in [0, 0.1) is 24.0 Å². The van der Waals surface area contributed by atoms with Gasteiger partial charge in [-0.15, -0.1) is 0 Å². The molecule has 39 heavy (non-hydrogen) atoms. The molecule has 0 bridgehead atoms. The molecule has 2 aromatic carbocycles.